The molecule has 0 saturated carbocycles. The van der Waals surface area contributed by atoms with Crippen LogP contribution >= 0.6 is 0 Å². The molecule has 0 radical (unpaired) electrons. The maximum absolute atomic E-state index is 12.5. The summed E-state index contributed by atoms with van der Waals surface area (Å²) in [5.74, 6) is 1.73. The van der Waals surface area contributed by atoms with Crippen LogP contribution in [0.2, 0.25) is 0 Å². The molecule has 0 bridgehead atoms. The predicted molar refractivity (Wildman–Crippen MR) is 125 cm³/mol. The van der Waals surface area contributed by atoms with E-state index in [2.05, 4.69) is 48.6 Å². The van der Waals surface area contributed by atoms with Crippen LogP contribution in [-0.4, -0.2) is 30.4 Å². The van der Waals surface area contributed by atoms with E-state index >= 15 is 0 Å². The van der Waals surface area contributed by atoms with Gasteiger partial charge in [0.15, 0.2) is 5.76 Å². The Morgan fingerprint density at radius 1 is 1.16 bits per heavy atom. The van der Waals surface area contributed by atoms with Crippen molar-refractivity contribution in [1.82, 2.24) is 10.5 Å². The lowest BCUT2D eigenvalue weighted by atomic mass is 9.91. The maximum atomic E-state index is 12.5. The Morgan fingerprint density at radius 2 is 1.91 bits per heavy atom. The highest BCUT2D eigenvalue weighted by molar-refractivity contribution is 6.17. The minimum Gasteiger partial charge on any atom is -0.497 e. The molecule has 1 N–H and O–H groups in total. The molecule has 6 heteroatoms. The van der Waals surface area contributed by atoms with Gasteiger partial charge in [-0.2, -0.15) is 0 Å². The average Bonchev–Trinajstić information content (AvgIpc) is 3.11. The number of benzene rings is 2. The van der Waals surface area contributed by atoms with E-state index in [9.17, 15) is 4.79 Å². The maximum Gasteiger partial charge on any atom is 0.222 e. The van der Waals surface area contributed by atoms with Crippen molar-refractivity contribution in [1.29, 1.82) is 0 Å². The number of fused-ring (bicyclic) bond motifs is 3. The molecule has 166 valence electrons. The Kier molecular flexibility index (Phi) is 6.12. The number of amides is 1. The highest BCUT2D eigenvalue weighted by atomic mass is 16.5. The number of carbonyl (C=O) groups excluding carboxylic acids is 1. The summed E-state index contributed by atoms with van der Waals surface area (Å²) in [6, 6.07) is 13.9. The van der Waals surface area contributed by atoms with Crippen molar-refractivity contribution in [2.24, 2.45) is 4.99 Å². The number of hydrogen-bond acceptors (Lipinski definition) is 5. The second-order valence-corrected chi connectivity index (χ2v) is 8.35. The zero-order chi connectivity index (χ0) is 22.8. The first-order valence-electron chi connectivity index (χ1n) is 11.0. The van der Waals surface area contributed by atoms with Gasteiger partial charge in [-0.3, -0.25) is 9.79 Å². The van der Waals surface area contributed by atoms with Gasteiger partial charge >= 0.3 is 0 Å². The minimum absolute atomic E-state index is 0.0701. The van der Waals surface area contributed by atoms with E-state index in [0.29, 0.717) is 18.2 Å². The van der Waals surface area contributed by atoms with Gasteiger partial charge in [-0.05, 0) is 49.1 Å². The first-order chi connectivity index (χ1) is 15.4. The fourth-order valence-electron chi connectivity index (χ4n) is 4.13. The largest absolute Gasteiger partial charge is 0.497 e. The SMILES string of the molecule is CCNC(=O)C[C@@H]1N=C(c2ccc(C(C)C)cc2)c2cc(OC)ccc2-c2c(C)noc21. The number of hydrogen-bond donors (Lipinski definition) is 1. The van der Waals surface area contributed by atoms with Gasteiger partial charge < -0.3 is 14.6 Å². The van der Waals surface area contributed by atoms with E-state index in [0.717, 1.165) is 39.4 Å². The molecule has 1 aliphatic rings. The molecule has 3 aromatic rings. The van der Waals surface area contributed by atoms with Crippen molar-refractivity contribution < 1.29 is 14.1 Å². The number of methoxy groups -OCH3 is 1. The first kappa shape index (κ1) is 21.8. The summed E-state index contributed by atoms with van der Waals surface area (Å²) >= 11 is 0. The van der Waals surface area contributed by atoms with Crippen molar-refractivity contribution in [2.45, 2.75) is 46.1 Å². The van der Waals surface area contributed by atoms with E-state index in [1.54, 1.807) is 7.11 Å². The van der Waals surface area contributed by atoms with Gasteiger partial charge in [0, 0.05) is 17.7 Å². The third-order valence-electron chi connectivity index (χ3n) is 5.83. The smallest absolute Gasteiger partial charge is 0.222 e. The van der Waals surface area contributed by atoms with Crippen molar-refractivity contribution in [2.75, 3.05) is 13.7 Å². The molecule has 0 aliphatic carbocycles. The van der Waals surface area contributed by atoms with Crippen LogP contribution in [0.1, 0.15) is 67.3 Å². The summed E-state index contributed by atoms with van der Waals surface area (Å²) in [5, 5.41) is 7.08. The Balaban J connectivity index is 1.93. The van der Waals surface area contributed by atoms with E-state index in [-0.39, 0.29) is 12.3 Å². The molecular formula is C26H29N3O3. The average molecular weight is 432 g/mol. The van der Waals surface area contributed by atoms with E-state index in [4.69, 9.17) is 14.3 Å². The number of rotatable bonds is 6. The molecular weight excluding hydrogens is 402 g/mol. The molecule has 1 aliphatic heterocycles. The summed E-state index contributed by atoms with van der Waals surface area (Å²) in [4.78, 5) is 17.6. The zero-order valence-electron chi connectivity index (χ0n) is 19.2. The van der Waals surface area contributed by atoms with Crippen LogP contribution in [0.5, 0.6) is 5.75 Å². The van der Waals surface area contributed by atoms with Gasteiger partial charge in [-0.25, -0.2) is 0 Å². The normalized spacial score (nSPS) is 14.9. The molecule has 0 saturated heterocycles. The summed E-state index contributed by atoms with van der Waals surface area (Å²) in [6.45, 7) is 8.74. The van der Waals surface area contributed by atoms with Gasteiger partial charge in [0.25, 0.3) is 0 Å². The molecule has 6 nitrogen and oxygen atoms in total. The molecule has 1 atom stereocenters. The molecule has 32 heavy (non-hydrogen) atoms. The molecule has 0 unspecified atom stereocenters. The van der Waals surface area contributed by atoms with E-state index in [1.165, 1.54) is 5.56 Å². The molecule has 1 amide bonds. The Morgan fingerprint density at radius 3 is 2.56 bits per heavy atom. The summed E-state index contributed by atoms with van der Waals surface area (Å²) in [7, 11) is 1.65. The summed E-state index contributed by atoms with van der Waals surface area (Å²) < 4.78 is 11.3. The number of nitrogens with zero attached hydrogens (tertiary/aromatic N) is 2. The van der Waals surface area contributed by atoms with Crippen LogP contribution in [0, 0.1) is 6.92 Å². The molecule has 1 aromatic heterocycles. The lowest BCUT2D eigenvalue weighted by Gasteiger charge is -2.14. The Labute approximate surface area is 188 Å². The van der Waals surface area contributed by atoms with Gasteiger partial charge in [-0.1, -0.05) is 43.3 Å². The zero-order valence-corrected chi connectivity index (χ0v) is 19.2. The fourth-order valence-corrected chi connectivity index (χ4v) is 4.13. The van der Waals surface area contributed by atoms with Crippen LogP contribution in [0.4, 0.5) is 0 Å². The number of carbonyl (C=O) groups is 1. The minimum atomic E-state index is -0.476. The second kappa shape index (κ2) is 8.99. The quantitative estimate of drug-likeness (QED) is 0.582. The van der Waals surface area contributed by atoms with Crippen molar-refractivity contribution in [3.05, 3.63) is 70.6 Å². The third-order valence-corrected chi connectivity index (χ3v) is 5.83. The van der Waals surface area contributed by atoms with Crippen LogP contribution in [0.3, 0.4) is 0 Å². The standard InChI is InChI=1S/C26H29N3O3/c1-6-27-23(30)14-22-26-24(16(4)29-32-26)20-12-11-19(31-5)13-21(20)25(28-22)18-9-7-17(8-10-18)15(2)3/h7-13,15,22H,6,14H2,1-5H3,(H,27,30)/t22-/m0/s1. The molecule has 2 heterocycles. The number of ether oxygens (including phenoxy) is 1. The van der Waals surface area contributed by atoms with Gasteiger partial charge in [0.2, 0.25) is 5.91 Å². The Bertz CT molecular complexity index is 1160. The molecule has 0 spiro atoms. The van der Waals surface area contributed by atoms with Gasteiger partial charge in [0.05, 0.1) is 30.5 Å². The van der Waals surface area contributed by atoms with Crippen LogP contribution in [0.15, 0.2) is 52.0 Å². The highest BCUT2D eigenvalue weighted by Gasteiger charge is 2.31. The van der Waals surface area contributed by atoms with Crippen molar-refractivity contribution in [3.8, 4) is 16.9 Å². The lowest BCUT2D eigenvalue weighted by Crippen LogP contribution is -2.24. The summed E-state index contributed by atoms with van der Waals surface area (Å²) in [6.07, 6.45) is 0.189. The second-order valence-electron chi connectivity index (χ2n) is 8.35. The number of aromatic nitrogens is 1. The highest BCUT2D eigenvalue weighted by Crippen LogP contribution is 2.41. The lowest BCUT2D eigenvalue weighted by molar-refractivity contribution is -0.121. The van der Waals surface area contributed by atoms with Crippen LogP contribution in [0.25, 0.3) is 11.1 Å². The van der Waals surface area contributed by atoms with E-state index < -0.39 is 6.04 Å². The number of nitrogens with one attached hydrogen (secondary N) is 1. The predicted octanol–water partition coefficient (Wildman–Crippen LogP) is 5.20. The number of aliphatic imine (C=N–C) groups is 1. The topological polar surface area (TPSA) is 76.7 Å². The van der Waals surface area contributed by atoms with Gasteiger partial charge in [-0.15, -0.1) is 0 Å². The molecule has 4 rings (SSSR count). The van der Waals surface area contributed by atoms with Crippen molar-refractivity contribution >= 4 is 11.6 Å². The first-order valence-corrected chi connectivity index (χ1v) is 11.0. The van der Waals surface area contributed by atoms with Crippen LogP contribution < -0.4 is 10.1 Å². The van der Waals surface area contributed by atoms with Crippen molar-refractivity contribution in [3.63, 3.8) is 0 Å². The molecule has 0 fully saturated rings. The Hall–Kier alpha value is -3.41. The number of aryl methyl sites for hydroxylation is 1. The monoisotopic (exact) mass is 431 g/mol. The van der Waals surface area contributed by atoms with Crippen LogP contribution in [-0.2, 0) is 4.79 Å². The molecule has 2 aromatic carbocycles. The summed E-state index contributed by atoms with van der Waals surface area (Å²) in [5.41, 5.74) is 6.65. The fraction of sp³-hybridized carbons (Fsp3) is 0.346. The van der Waals surface area contributed by atoms with E-state index in [1.807, 2.05) is 32.0 Å². The van der Waals surface area contributed by atoms with Gasteiger partial charge in [0.1, 0.15) is 11.8 Å². The third kappa shape index (κ3) is 4.05.